The van der Waals surface area contributed by atoms with E-state index in [0.717, 1.165) is 33.7 Å². The first-order chi connectivity index (χ1) is 17.3. The van der Waals surface area contributed by atoms with Crippen molar-refractivity contribution in [1.82, 2.24) is 4.98 Å². The molecule has 3 heteroatoms. The highest BCUT2D eigenvalue weighted by atomic mass is 28.3. The third-order valence-corrected chi connectivity index (χ3v) is 20.4. The summed E-state index contributed by atoms with van der Waals surface area (Å²) < 4.78 is 0. The van der Waals surface area contributed by atoms with Gasteiger partial charge >= 0.3 is 0 Å². The second-order valence-corrected chi connectivity index (χ2v) is 20.7. The van der Waals surface area contributed by atoms with E-state index < -0.39 is 16.1 Å². The minimum atomic E-state index is -1.37. The van der Waals surface area contributed by atoms with Crippen LogP contribution in [0.4, 0.5) is 0 Å². The summed E-state index contributed by atoms with van der Waals surface area (Å²) in [6.45, 7) is 23.0. The van der Waals surface area contributed by atoms with Crippen molar-refractivity contribution in [1.29, 1.82) is 0 Å². The zero-order valence-electron chi connectivity index (χ0n) is 23.5. The van der Waals surface area contributed by atoms with Crippen LogP contribution >= 0.6 is 0 Å². The van der Waals surface area contributed by atoms with Crippen molar-refractivity contribution in [2.24, 2.45) is 0 Å². The molecule has 0 radical (unpaired) electrons. The maximum absolute atomic E-state index is 4.98. The number of benzene rings is 2. The van der Waals surface area contributed by atoms with Crippen molar-refractivity contribution in [2.75, 3.05) is 0 Å². The summed E-state index contributed by atoms with van der Waals surface area (Å²) in [5, 5.41) is 3.12. The van der Waals surface area contributed by atoms with Crippen molar-refractivity contribution < 1.29 is 0 Å². The maximum atomic E-state index is 4.98. The van der Waals surface area contributed by atoms with Crippen LogP contribution in [0.3, 0.4) is 0 Å². The molecule has 0 saturated carbocycles. The van der Waals surface area contributed by atoms with E-state index in [2.05, 4.69) is 121 Å². The van der Waals surface area contributed by atoms with Crippen LogP contribution in [-0.2, 0) is 0 Å². The number of pyridine rings is 1. The second-order valence-electron chi connectivity index (χ2n) is 10.2. The lowest BCUT2D eigenvalue weighted by atomic mass is 10.0. The molecule has 2 aromatic carbocycles. The number of nitrogens with zero attached hydrogens (tertiary/aromatic N) is 1. The van der Waals surface area contributed by atoms with Crippen LogP contribution in [0, 0.1) is 0 Å². The summed E-state index contributed by atoms with van der Waals surface area (Å²) in [6, 6.07) is 32.3. The van der Waals surface area contributed by atoms with Gasteiger partial charge in [-0.25, -0.2) is 4.98 Å². The Morgan fingerprint density at radius 2 is 0.833 bits per heavy atom. The molecule has 0 N–H and O–H groups in total. The van der Waals surface area contributed by atoms with Crippen molar-refractivity contribution in [3.05, 3.63) is 102 Å². The van der Waals surface area contributed by atoms with Crippen LogP contribution in [0.5, 0.6) is 0 Å². The third-order valence-electron chi connectivity index (χ3n) is 9.12. The second kappa shape index (κ2) is 12.2. The Hall–Kier alpha value is -2.50. The average Bonchev–Trinajstić information content (AvgIpc) is 2.95. The molecule has 3 rings (SSSR count). The Balaban J connectivity index is 1.84. The highest BCUT2D eigenvalue weighted by molar-refractivity contribution is 6.92. The lowest BCUT2D eigenvalue weighted by Crippen LogP contribution is -2.45. The van der Waals surface area contributed by atoms with E-state index in [9.17, 15) is 0 Å². The zero-order chi connectivity index (χ0) is 26.3. The van der Waals surface area contributed by atoms with Crippen LogP contribution in [0.15, 0.2) is 79.9 Å². The smallest absolute Gasteiger partial charge is 0.0859 e. The fourth-order valence-electron chi connectivity index (χ4n) is 5.84. The summed E-state index contributed by atoms with van der Waals surface area (Å²) in [7, 11) is -2.74. The number of hydrogen-bond acceptors (Lipinski definition) is 1. The SMILES string of the molecule is C=C(c1ccc([Si](CC)(CC)CC)cc1)c1cccc(C(=C)c2ccc([Si](CC)(CC)CC)cc2)n1. The fraction of sp³-hybridized carbons (Fsp3) is 0.364. The highest BCUT2D eigenvalue weighted by Crippen LogP contribution is 2.27. The van der Waals surface area contributed by atoms with Gasteiger partial charge in [0.1, 0.15) is 0 Å². The first-order valence-electron chi connectivity index (χ1n) is 13.9. The summed E-state index contributed by atoms with van der Waals surface area (Å²) in [4.78, 5) is 4.98. The third kappa shape index (κ3) is 5.43. The molecule has 0 atom stereocenters. The fourth-order valence-corrected chi connectivity index (χ4v) is 13.0. The molecule has 0 aliphatic carbocycles. The van der Waals surface area contributed by atoms with E-state index in [0.29, 0.717) is 0 Å². The first kappa shape index (κ1) is 28.1. The number of hydrogen-bond donors (Lipinski definition) is 0. The minimum Gasteiger partial charge on any atom is -0.248 e. The Labute approximate surface area is 222 Å². The summed E-state index contributed by atoms with van der Waals surface area (Å²) >= 11 is 0. The lowest BCUT2D eigenvalue weighted by molar-refractivity contribution is 1.19. The monoisotopic (exact) mass is 511 g/mol. The molecule has 0 unspecified atom stereocenters. The summed E-state index contributed by atoms with van der Waals surface area (Å²) in [5.74, 6) is 0. The first-order valence-corrected chi connectivity index (χ1v) is 19.1. The van der Waals surface area contributed by atoms with E-state index >= 15 is 0 Å². The van der Waals surface area contributed by atoms with Gasteiger partial charge in [0.25, 0.3) is 0 Å². The quantitative estimate of drug-likeness (QED) is 0.222. The van der Waals surface area contributed by atoms with E-state index in [1.165, 1.54) is 36.3 Å². The number of aromatic nitrogens is 1. The summed E-state index contributed by atoms with van der Waals surface area (Å²) in [6.07, 6.45) is 0. The Morgan fingerprint density at radius 3 is 1.11 bits per heavy atom. The molecule has 1 heterocycles. The van der Waals surface area contributed by atoms with Crippen LogP contribution in [0.25, 0.3) is 11.1 Å². The molecule has 0 saturated heterocycles. The van der Waals surface area contributed by atoms with Gasteiger partial charge in [0.05, 0.1) is 27.5 Å². The van der Waals surface area contributed by atoms with E-state index in [1.807, 2.05) is 0 Å². The van der Waals surface area contributed by atoms with Gasteiger partial charge in [0.15, 0.2) is 0 Å². The molecule has 190 valence electrons. The molecular weight excluding hydrogens is 467 g/mol. The molecule has 1 nitrogen and oxygen atoms in total. The predicted octanol–water partition coefficient (Wildman–Crippen LogP) is 8.64. The molecule has 36 heavy (non-hydrogen) atoms. The molecule has 1 aromatic heterocycles. The average molecular weight is 512 g/mol. The molecule has 0 aliphatic heterocycles. The van der Waals surface area contributed by atoms with Gasteiger partial charge in [0, 0.05) is 11.1 Å². The molecule has 0 amide bonds. The van der Waals surface area contributed by atoms with Crippen molar-refractivity contribution in [3.8, 4) is 0 Å². The number of rotatable bonds is 12. The van der Waals surface area contributed by atoms with E-state index in [4.69, 9.17) is 4.98 Å². The van der Waals surface area contributed by atoms with Crippen molar-refractivity contribution in [3.63, 3.8) is 0 Å². The summed E-state index contributed by atoms with van der Waals surface area (Å²) in [5.41, 5.74) is 6.05. The lowest BCUT2D eigenvalue weighted by Gasteiger charge is -2.29. The molecule has 0 spiro atoms. The zero-order valence-corrected chi connectivity index (χ0v) is 25.5. The van der Waals surface area contributed by atoms with Crippen LogP contribution in [0.2, 0.25) is 36.3 Å². The van der Waals surface area contributed by atoms with E-state index in [1.54, 1.807) is 10.4 Å². The maximum Gasteiger partial charge on any atom is 0.0859 e. The Kier molecular flexibility index (Phi) is 9.49. The van der Waals surface area contributed by atoms with Crippen molar-refractivity contribution in [2.45, 2.75) is 77.8 Å². The predicted molar refractivity (Wildman–Crippen MR) is 167 cm³/mol. The highest BCUT2D eigenvalue weighted by Gasteiger charge is 2.29. The van der Waals surface area contributed by atoms with Gasteiger partial charge in [-0.2, -0.15) is 0 Å². The molecule has 0 fully saturated rings. The Bertz CT molecular complexity index is 1060. The molecule has 3 aromatic rings. The Morgan fingerprint density at radius 1 is 0.528 bits per heavy atom. The van der Waals surface area contributed by atoms with Gasteiger partial charge in [0.2, 0.25) is 0 Å². The molecular formula is C33H45NSi2. The van der Waals surface area contributed by atoms with Crippen molar-refractivity contribution >= 4 is 37.7 Å². The van der Waals surface area contributed by atoms with Crippen LogP contribution in [-0.4, -0.2) is 21.1 Å². The van der Waals surface area contributed by atoms with Crippen LogP contribution in [0.1, 0.15) is 64.1 Å². The van der Waals surface area contributed by atoms with Crippen LogP contribution < -0.4 is 10.4 Å². The van der Waals surface area contributed by atoms with E-state index in [-0.39, 0.29) is 0 Å². The molecule has 0 bridgehead atoms. The van der Waals surface area contributed by atoms with Gasteiger partial charge in [-0.05, 0) is 23.3 Å². The largest absolute Gasteiger partial charge is 0.248 e. The van der Waals surface area contributed by atoms with Gasteiger partial charge in [-0.15, -0.1) is 0 Å². The molecule has 0 aliphatic rings. The van der Waals surface area contributed by atoms with Gasteiger partial charge < -0.3 is 0 Å². The topological polar surface area (TPSA) is 12.9 Å². The standard InChI is InChI=1S/C33H45NSi2/c1-9-35(10-2,11-3)30-22-18-28(19-23-30)26(7)32-16-15-17-33(34-32)27(8)29-20-24-31(25-21-29)36(12-4,13-5)14-6/h15-25H,7-14H2,1-6H3. The van der Waals surface area contributed by atoms with Gasteiger partial charge in [-0.1, -0.05) is 156 Å². The normalized spacial score (nSPS) is 11.9. The van der Waals surface area contributed by atoms with Gasteiger partial charge in [-0.3, -0.25) is 0 Å². The minimum absolute atomic E-state index is 0.914.